The number of anilines is 1. The summed E-state index contributed by atoms with van der Waals surface area (Å²) in [6.07, 6.45) is 5.39. The summed E-state index contributed by atoms with van der Waals surface area (Å²) in [7, 11) is 0. The minimum atomic E-state index is -0.931. The van der Waals surface area contributed by atoms with Crippen molar-refractivity contribution >= 4 is 17.6 Å². The van der Waals surface area contributed by atoms with E-state index in [0.717, 1.165) is 6.42 Å². The minimum Gasteiger partial charge on any atom is -0.491 e. The molecule has 1 amide bonds. The van der Waals surface area contributed by atoms with Crippen LogP contribution < -0.4 is 10.1 Å². The number of hydrogen-bond acceptors (Lipinski definition) is 3. The molecule has 2 rings (SSSR count). The summed E-state index contributed by atoms with van der Waals surface area (Å²) in [5, 5.41) is 12.1. The molecule has 5 nitrogen and oxygen atoms in total. The number of benzene rings is 1. The van der Waals surface area contributed by atoms with Crippen molar-refractivity contribution in [1.29, 1.82) is 0 Å². The van der Waals surface area contributed by atoms with Gasteiger partial charge in [-0.3, -0.25) is 9.59 Å². The van der Waals surface area contributed by atoms with E-state index in [1.54, 1.807) is 12.1 Å². The zero-order valence-electron chi connectivity index (χ0n) is 12.6. The predicted octanol–water partition coefficient (Wildman–Crippen LogP) is 3.08. The molecule has 1 aliphatic rings. The molecule has 0 spiro atoms. The first-order valence-electron chi connectivity index (χ1n) is 7.54. The van der Waals surface area contributed by atoms with E-state index in [2.05, 4.69) is 5.32 Å². The fourth-order valence-corrected chi connectivity index (χ4v) is 2.51. The molecule has 2 atom stereocenters. The number of para-hydroxylation sites is 2. The fourth-order valence-electron chi connectivity index (χ4n) is 2.51. The van der Waals surface area contributed by atoms with Crippen LogP contribution >= 0.6 is 0 Å². The van der Waals surface area contributed by atoms with Crippen molar-refractivity contribution in [2.75, 3.05) is 11.9 Å². The summed E-state index contributed by atoms with van der Waals surface area (Å²) in [6.45, 7) is 2.57. The Balaban J connectivity index is 2.11. The quantitative estimate of drug-likeness (QED) is 0.792. The monoisotopic (exact) mass is 303 g/mol. The SMILES string of the molecule is CCCOc1ccccc1NC(=O)C1CC=CCC1C(=O)O. The number of carbonyl (C=O) groups excluding carboxylic acids is 1. The Morgan fingerprint density at radius 1 is 1.23 bits per heavy atom. The van der Waals surface area contributed by atoms with Crippen molar-refractivity contribution in [1.82, 2.24) is 0 Å². The Hall–Kier alpha value is -2.30. The van der Waals surface area contributed by atoms with E-state index in [-0.39, 0.29) is 5.91 Å². The second kappa shape index (κ2) is 7.64. The van der Waals surface area contributed by atoms with Crippen molar-refractivity contribution in [2.24, 2.45) is 11.8 Å². The molecular weight excluding hydrogens is 282 g/mol. The van der Waals surface area contributed by atoms with E-state index < -0.39 is 17.8 Å². The van der Waals surface area contributed by atoms with Gasteiger partial charge in [-0.25, -0.2) is 0 Å². The molecule has 118 valence electrons. The first-order chi connectivity index (χ1) is 10.6. The van der Waals surface area contributed by atoms with Crippen molar-refractivity contribution in [3.8, 4) is 5.75 Å². The van der Waals surface area contributed by atoms with Gasteiger partial charge in [-0.05, 0) is 31.4 Å². The van der Waals surface area contributed by atoms with Crippen molar-refractivity contribution in [3.05, 3.63) is 36.4 Å². The van der Waals surface area contributed by atoms with Gasteiger partial charge < -0.3 is 15.2 Å². The number of allylic oxidation sites excluding steroid dienone is 2. The van der Waals surface area contributed by atoms with E-state index in [0.29, 0.717) is 30.9 Å². The lowest BCUT2D eigenvalue weighted by Gasteiger charge is -2.24. The van der Waals surface area contributed by atoms with Gasteiger partial charge in [-0.1, -0.05) is 31.2 Å². The third kappa shape index (κ3) is 3.87. The smallest absolute Gasteiger partial charge is 0.307 e. The van der Waals surface area contributed by atoms with E-state index in [1.165, 1.54) is 0 Å². The topological polar surface area (TPSA) is 75.6 Å². The second-order valence-electron chi connectivity index (χ2n) is 5.33. The molecule has 2 unspecified atom stereocenters. The van der Waals surface area contributed by atoms with E-state index >= 15 is 0 Å². The zero-order valence-corrected chi connectivity index (χ0v) is 12.6. The summed E-state index contributed by atoms with van der Waals surface area (Å²) in [6, 6.07) is 7.20. The average Bonchev–Trinajstić information content (AvgIpc) is 2.54. The van der Waals surface area contributed by atoms with Gasteiger partial charge in [0, 0.05) is 0 Å². The molecule has 0 aliphatic heterocycles. The van der Waals surface area contributed by atoms with Crippen LogP contribution in [0, 0.1) is 11.8 Å². The number of amides is 1. The van der Waals surface area contributed by atoms with Gasteiger partial charge in [0.1, 0.15) is 5.75 Å². The van der Waals surface area contributed by atoms with E-state index in [9.17, 15) is 14.7 Å². The number of ether oxygens (including phenoxy) is 1. The Morgan fingerprint density at radius 2 is 1.91 bits per heavy atom. The van der Waals surface area contributed by atoms with Gasteiger partial charge >= 0.3 is 5.97 Å². The lowest BCUT2D eigenvalue weighted by atomic mass is 9.82. The lowest BCUT2D eigenvalue weighted by molar-refractivity contribution is -0.146. The molecule has 0 saturated carbocycles. The number of hydrogen-bond donors (Lipinski definition) is 2. The number of nitrogens with one attached hydrogen (secondary N) is 1. The minimum absolute atomic E-state index is 0.274. The first kappa shape index (κ1) is 16.1. The van der Waals surface area contributed by atoms with Crippen LogP contribution in [0.25, 0.3) is 0 Å². The van der Waals surface area contributed by atoms with Crippen LogP contribution in [0.2, 0.25) is 0 Å². The fraction of sp³-hybridized carbons (Fsp3) is 0.412. The first-order valence-corrected chi connectivity index (χ1v) is 7.54. The van der Waals surface area contributed by atoms with Gasteiger partial charge in [0.2, 0.25) is 5.91 Å². The summed E-state index contributed by atoms with van der Waals surface area (Å²) in [4.78, 5) is 23.7. The normalized spacial score (nSPS) is 20.4. The number of carboxylic acids is 1. The maximum absolute atomic E-state index is 12.4. The number of rotatable bonds is 6. The van der Waals surface area contributed by atoms with Crippen LogP contribution in [0.4, 0.5) is 5.69 Å². The van der Waals surface area contributed by atoms with Crippen molar-refractivity contribution in [2.45, 2.75) is 26.2 Å². The maximum Gasteiger partial charge on any atom is 0.307 e. The van der Waals surface area contributed by atoms with E-state index in [1.807, 2.05) is 31.2 Å². The Bertz CT molecular complexity index is 568. The number of carboxylic acid groups (broad SMARTS) is 1. The molecule has 1 aromatic rings. The Morgan fingerprint density at radius 3 is 2.59 bits per heavy atom. The highest BCUT2D eigenvalue weighted by Crippen LogP contribution is 2.29. The van der Waals surface area contributed by atoms with Crippen LogP contribution in [0.3, 0.4) is 0 Å². The summed E-state index contributed by atoms with van der Waals surface area (Å²) >= 11 is 0. The van der Waals surface area contributed by atoms with Gasteiger partial charge in [-0.2, -0.15) is 0 Å². The number of carbonyl (C=O) groups is 2. The molecule has 0 aromatic heterocycles. The van der Waals surface area contributed by atoms with Gasteiger partial charge in [-0.15, -0.1) is 0 Å². The molecule has 22 heavy (non-hydrogen) atoms. The highest BCUT2D eigenvalue weighted by molar-refractivity contribution is 5.96. The standard InChI is InChI=1S/C17H21NO4/c1-2-11-22-15-10-6-5-9-14(15)18-16(19)12-7-3-4-8-13(12)17(20)21/h3-6,9-10,12-13H,2,7-8,11H2,1H3,(H,18,19)(H,20,21). The molecule has 0 fully saturated rings. The Kier molecular flexibility index (Phi) is 5.58. The third-order valence-corrected chi connectivity index (χ3v) is 3.69. The number of aliphatic carboxylic acids is 1. The van der Waals surface area contributed by atoms with Crippen LogP contribution in [0.15, 0.2) is 36.4 Å². The van der Waals surface area contributed by atoms with Crippen molar-refractivity contribution < 1.29 is 19.4 Å². The second-order valence-corrected chi connectivity index (χ2v) is 5.33. The highest BCUT2D eigenvalue weighted by atomic mass is 16.5. The molecule has 5 heteroatoms. The van der Waals surface area contributed by atoms with Crippen molar-refractivity contribution in [3.63, 3.8) is 0 Å². The molecule has 0 bridgehead atoms. The van der Waals surface area contributed by atoms with Crippen LogP contribution in [0.1, 0.15) is 26.2 Å². The molecule has 0 saturated heterocycles. The van der Waals surface area contributed by atoms with Gasteiger partial charge in [0.15, 0.2) is 0 Å². The average molecular weight is 303 g/mol. The highest BCUT2D eigenvalue weighted by Gasteiger charge is 2.34. The molecular formula is C17H21NO4. The third-order valence-electron chi connectivity index (χ3n) is 3.69. The molecule has 1 aliphatic carbocycles. The van der Waals surface area contributed by atoms with Gasteiger partial charge in [0.05, 0.1) is 24.1 Å². The summed E-state index contributed by atoms with van der Waals surface area (Å²) < 4.78 is 5.60. The van der Waals surface area contributed by atoms with Crippen LogP contribution in [0.5, 0.6) is 5.75 Å². The predicted molar refractivity (Wildman–Crippen MR) is 83.8 cm³/mol. The molecule has 0 heterocycles. The van der Waals surface area contributed by atoms with Crippen LogP contribution in [-0.4, -0.2) is 23.6 Å². The summed E-state index contributed by atoms with van der Waals surface area (Å²) in [5.41, 5.74) is 0.583. The van der Waals surface area contributed by atoms with Crippen LogP contribution in [-0.2, 0) is 9.59 Å². The molecule has 2 N–H and O–H groups in total. The molecule has 1 aromatic carbocycles. The maximum atomic E-state index is 12.4. The molecule has 0 radical (unpaired) electrons. The van der Waals surface area contributed by atoms with E-state index in [4.69, 9.17) is 4.74 Å². The zero-order chi connectivity index (χ0) is 15.9. The van der Waals surface area contributed by atoms with Gasteiger partial charge in [0.25, 0.3) is 0 Å². The summed E-state index contributed by atoms with van der Waals surface area (Å²) in [5.74, 6) is -1.82. The Labute approximate surface area is 130 Å². The largest absolute Gasteiger partial charge is 0.491 e. The lowest BCUT2D eigenvalue weighted by Crippen LogP contribution is -2.34.